The van der Waals surface area contributed by atoms with Crippen LogP contribution in [0.5, 0.6) is 0 Å². The molecule has 3 heteroatoms. The Balaban J connectivity index is 1.99. The van der Waals surface area contributed by atoms with Crippen LogP contribution in [0.4, 0.5) is 0 Å². The average Bonchev–Trinajstić information content (AvgIpc) is 2.44. The van der Waals surface area contributed by atoms with Crippen LogP contribution < -0.4 is 0 Å². The highest BCUT2D eigenvalue weighted by atomic mass is 79.9. The first-order chi connectivity index (χ1) is 5.68. The van der Waals surface area contributed by atoms with Gasteiger partial charge in [-0.2, -0.15) is 0 Å². The van der Waals surface area contributed by atoms with E-state index in [1.54, 1.807) is 0 Å². The van der Waals surface area contributed by atoms with Gasteiger partial charge in [-0.1, -0.05) is 15.9 Å². The van der Waals surface area contributed by atoms with Crippen LogP contribution in [0.25, 0.3) is 0 Å². The second kappa shape index (κ2) is 3.02. The monoisotopic (exact) mass is 232 g/mol. The summed E-state index contributed by atoms with van der Waals surface area (Å²) in [7, 11) is 0. The van der Waals surface area contributed by atoms with Gasteiger partial charge in [0.1, 0.15) is 6.10 Å². The maximum absolute atomic E-state index is 10.7. The number of rotatable bonds is 1. The van der Waals surface area contributed by atoms with Crippen molar-refractivity contribution in [2.75, 3.05) is 0 Å². The number of carbonyl (C=O) groups excluding carboxylic acids is 1. The fraction of sp³-hybridized carbons (Fsp3) is 0.889. The third kappa shape index (κ3) is 1.28. The number of carbonyl (C=O) groups is 1. The fourth-order valence-electron chi connectivity index (χ4n) is 2.54. The van der Waals surface area contributed by atoms with Gasteiger partial charge in [0, 0.05) is 17.7 Å². The van der Waals surface area contributed by atoms with E-state index in [4.69, 9.17) is 4.74 Å². The van der Waals surface area contributed by atoms with E-state index < -0.39 is 0 Å². The van der Waals surface area contributed by atoms with Crippen molar-refractivity contribution >= 4 is 21.9 Å². The predicted octanol–water partition coefficient (Wildman–Crippen LogP) is 2.11. The highest BCUT2D eigenvalue weighted by molar-refractivity contribution is 9.09. The third-order valence-electron chi connectivity index (χ3n) is 3.06. The van der Waals surface area contributed by atoms with Gasteiger partial charge in [0.25, 0.3) is 0 Å². The molecule has 2 nitrogen and oxygen atoms in total. The van der Waals surface area contributed by atoms with Crippen LogP contribution in [0, 0.1) is 11.8 Å². The molecule has 12 heavy (non-hydrogen) atoms. The summed E-state index contributed by atoms with van der Waals surface area (Å²) in [6.45, 7) is 1.50. The van der Waals surface area contributed by atoms with Crippen molar-refractivity contribution in [2.24, 2.45) is 11.8 Å². The zero-order chi connectivity index (χ0) is 8.72. The van der Waals surface area contributed by atoms with Crippen molar-refractivity contribution in [3.05, 3.63) is 0 Å². The number of alkyl halides is 1. The maximum Gasteiger partial charge on any atom is 0.302 e. The van der Waals surface area contributed by atoms with Crippen molar-refractivity contribution < 1.29 is 9.53 Å². The summed E-state index contributed by atoms with van der Waals surface area (Å²) >= 11 is 3.67. The number of fused-ring (bicyclic) bond motifs is 2. The van der Waals surface area contributed by atoms with Crippen LogP contribution in [0.3, 0.4) is 0 Å². The van der Waals surface area contributed by atoms with Crippen LogP contribution >= 0.6 is 15.9 Å². The lowest BCUT2D eigenvalue weighted by Gasteiger charge is -2.20. The lowest BCUT2D eigenvalue weighted by Crippen LogP contribution is -2.23. The lowest BCUT2D eigenvalue weighted by molar-refractivity contribution is -0.148. The lowest BCUT2D eigenvalue weighted by atomic mass is 9.98. The van der Waals surface area contributed by atoms with Gasteiger partial charge in [-0.15, -0.1) is 0 Å². The Hall–Kier alpha value is -0.0500. The van der Waals surface area contributed by atoms with Gasteiger partial charge in [-0.3, -0.25) is 4.79 Å². The predicted molar refractivity (Wildman–Crippen MR) is 49.1 cm³/mol. The first-order valence-electron chi connectivity index (χ1n) is 4.50. The largest absolute Gasteiger partial charge is 0.462 e. The summed E-state index contributed by atoms with van der Waals surface area (Å²) < 4.78 is 5.25. The zero-order valence-electron chi connectivity index (χ0n) is 7.13. The van der Waals surface area contributed by atoms with Gasteiger partial charge >= 0.3 is 5.97 Å². The molecule has 0 N–H and O–H groups in total. The molecule has 68 valence electrons. The van der Waals surface area contributed by atoms with Crippen molar-refractivity contribution in [1.29, 1.82) is 0 Å². The van der Waals surface area contributed by atoms with Gasteiger partial charge in [0.15, 0.2) is 0 Å². The highest BCUT2D eigenvalue weighted by Gasteiger charge is 2.48. The molecular weight excluding hydrogens is 220 g/mol. The van der Waals surface area contributed by atoms with E-state index in [2.05, 4.69) is 15.9 Å². The second-order valence-corrected chi connectivity index (χ2v) is 4.89. The molecule has 0 aromatic rings. The van der Waals surface area contributed by atoms with E-state index in [-0.39, 0.29) is 12.1 Å². The molecule has 2 aliphatic carbocycles. The molecule has 0 spiro atoms. The Morgan fingerprint density at radius 1 is 1.50 bits per heavy atom. The van der Waals surface area contributed by atoms with E-state index in [1.807, 2.05) is 0 Å². The number of esters is 1. The molecule has 2 saturated carbocycles. The topological polar surface area (TPSA) is 26.3 Å². The van der Waals surface area contributed by atoms with E-state index in [0.29, 0.717) is 10.7 Å². The average molecular weight is 233 g/mol. The molecule has 2 bridgehead atoms. The quantitative estimate of drug-likeness (QED) is 0.512. The Morgan fingerprint density at radius 3 is 2.67 bits per heavy atom. The van der Waals surface area contributed by atoms with E-state index in [0.717, 1.165) is 12.3 Å². The first kappa shape index (κ1) is 8.54. The fourth-order valence-corrected chi connectivity index (χ4v) is 3.62. The van der Waals surface area contributed by atoms with Gasteiger partial charge < -0.3 is 4.74 Å². The van der Waals surface area contributed by atoms with E-state index in [1.165, 1.54) is 19.8 Å². The number of ether oxygens (including phenoxy) is 1. The molecule has 4 atom stereocenters. The minimum atomic E-state index is -0.132. The molecule has 2 rings (SSSR count). The third-order valence-corrected chi connectivity index (χ3v) is 4.49. The minimum Gasteiger partial charge on any atom is -0.462 e. The molecule has 0 amide bonds. The molecule has 0 aromatic carbocycles. The highest BCUT2D eigenvalue weighted by Crippen LogP contribution is 2.49. The van der Waals surface area contributed by atoms with Gasteiger partial charge in [0.05, 0.1) is 0 Å². The second-order valence-electron chi connectivity index (χ2n) is 3.83. The standard InChI is InChI=1S/C9H13BrO2/c1-5(11)12-8-4-6-2-3-7(8)9(6)10/h6-9H,2-4H2,1H3/t6-,7-,8+,9+/m0/s1. The van der Waals surface area contributed by atoms with Crippen LogP contribution in [-0.4, -0.2) is 16.9 Å². The van der Waals surface area contributed by atoms with Crippen molar-refractivity contribution in [1.82, 2.24) is 0 Å². The summed E-state index contributed by atoms with van der Waals surface area (Å²) in [6, 6.07) is 0. The van der Waals surface area contributed by atoms with Crippen molar-refractivity contribution in [3.8, 4) is 0 Å². The SMILES string of the molecule is CC(=O)O[C@@H]1C[C@@H]2CC[C@@H]1[C@@H]2Br. The number of halogens is 1. The molecule has 0 heterocycles. The molecule has 2 fully saturated rings. The summed E-state index contributed by atoms with van der Waals surface area (Å²) in [5.41, 5.74) is 0. The van der Waals surface area contributed by atoms with Crippen LogP contribution in [0.15, 0.2) is 0 Å². The summed E-state index contributed by atoms with van der Waals surface area (Å²) in [5.74, 6) is 1.20. The number of hydrogen-bond donors (Lipinski definition) is 0. The van der Waals surface area contributed by atoms with E-state index in [9.17, 15) is 4.79 Å². The first-order valence-corrected chi connectivity index (χ1v) is 5.41. The summed E-state index contributed by atoms with van der Waals surface area (Å²) in [4.78, 5) is 11.3. The Bertz CT molecular complexity index is 205. The van der Waals surface area contributed by atoms with Crippen LogP contribution in [0.1, 0.15) is 26.2 Å². The van der Waals surface area contributed by atoms with Crippen LogP contribution in [-0.2, 0) is 9.53 Å². The summed E-state index contributed by atoms with van der Waals surface area (Å²) in [5, 5.41) is 0. The van der Waals surface area contributed by atoms with Crippen molar-refractivity contribution in [2.45, 2.75) is 37.1 Å². The molecule has 0 aliphatic heterocycles. The molecule has 0 radical (unpaired) electrons. The van der Waals surface area contributed by atoms with E-state index >= 15 is 0 Å². The molecule has 0 saturated heterocycles. The van der Waals surface area contributed by atoms with Gasteiger partial charge in [-0.25, -0.2) is 0 Å². The Morgan fingerprint density at radius 2 is 2.25 bits per heavy atom. The Labute approximate surface area is 80.8 Å². The number of hydrogen-bond acceptors (Lipinski definition) is 2. The maximum atomic E-state index is 10.7. The van der Waals surface area contributed by atoms with Crippen LogP contribution in [0.2, 0.25) is 0 Å². The minimum absolute atomic E-state index is 0.132. The van der Waals surface area contributed by atoms with Gasteiger partial charge in [0.2, 0.25) is 0 Å². The normalized spacial score (nSPS) is 44.8. The molecule has 0 unspecified atom stereocenters. The zero-order valence-corrected chi connectivity index (χ0v) is 8.71. The van der Waals surface area contributed by atoms with Gasteiger partial charge in [-0.05, 0) is 25.2 Å². The summed E-state index contributed by atoms with van der Waals surface area (Å²) in [6.07, 6.45) is 3.79. The molecule has 0 aromatic heterocycles. The van der Waals surface area contributed by atoms with Crippen molar-refractivity contribution in [3.63, 3.8) is 0 Å². The molecular formula is C9H13BrO2. The smallest absolute Gasteiger partial charge is 0.302 e. The Kier molecular flexibility index (Phi) is 2.15. The molecule has 2 aliphatic rings.